The third-order valence-electron chi connectivity index (χ3n) is 6.93. The number of methoxy groups -OCH3 is 2. The SMILES string of the molecule is COCCOc1nc2c(Oc3ccc(CC(=O)c4c(C)[nH]c(C)c(-c5ccc(F)cc5)c4=O)cc3F)ccnc2cc1OC. The first-order valence-corrected chi connectivity index (χ1v) is 13.6. The number of Topliss-reactive ketones (excluding diaryl/α,β-unsaturated/α-hetero) is 1. The molecular weight excluding hydrogens is 572 g/mol. The fourth-order valence-electron chi connectivity index (χ4n) is 4.87. The molecule has 0 bridgehead atoms. The minimum Gasteiger partial charge on any atom is -0.491 e. The van der Waals surface area contributed by atoms with E-state index in [4.69, 9.17) is 18.9 Å². The van der Waals surface area contributed by atoms with Crippen molar-refractivity contribution < 1.29 is 32.5 Å². The van der Waals surface area contributed by atoms with E-state index in [1.807, 2.05) is 0 Å². The number of halogens is 2. The zero-order chi connectivity index (χ0) is 31.4. The molecule has 0 radical (unpaired) electrons. The average Bonchev–Trinajstić information content (AvgIpc) is 2.99. The average molecular weight is 602 g/mol. The van der Waals surface area contributed by atoms with Crippen molar-refractivity contribution in [2.75, 3.05) is 27.4 Å². The number of pyridine rings is 3. The number of carbonyl (C=O) groups is 1. The van der Waals surface area contributed by atoms with Gasteiger partial charge in [0.1, 0.15) is 17.9 Å². The molecule has 0 amide bonds. The molecule has 0 aliphatic carbocycles. The number of nitrogens with zero attached hydrogens (tertiary/aromatic N) is 2. The summed E-state index contributed by atoms with van der Waals surface area (Å²) in [5.74, 6) is -0.945. The molecule has 0 spiro atoms. The molecule has 9 nitrogen and oxygen atoms in total. The van der Waals surface area contributed by atoms with Crippen LogP contribution in [-0.4, -0.2) is 48.2 Å². The van der Waals surface area contributed by atoms with Gasteiger partial charge in [-0.15, -0.1) is 0 Å². The minimum atomic E-state index is -0.716. The van der Waals surface area contributed by atoms with Crippen LogP contribution in [-0.2, 0) is 11.2 Å². The van der Waals surface area contributed by atoms with Gasteiger partial charge in [-0.1, -0.05) is 18.2 Å². The number of hydrogen-bond donors (Lipinski definition) is 1. The fourth-order valence-corrected chi connectivity index (χ4v) is 4.87. The first-order chi connectivity index (χ1) is 21.2. The number of benzene rings is 2. The Bertz CT molecular complexity index is 1910. The smallest absolute Gasteiger partial charge is 0.257 e. The van der Waals surface area contributed by atoms with Gasteiger partial charge in [0.05, 0.1) is 24.8 Å². The van der Waals surface area contributed by atoms with Crippen molar-refractivity contribution in [3.63, 3.8) is 0 Å². The van der Waals surface area contributed by atoms with Crippen LogP contribution in [0.1, 0.15) is 27.3 Å². The number of carbonyl (C=O) groups excluding carboxylic acids is 1. The van der Waals surface area contributed by atoms with Crippen LogP contribution in [0.15, 0.2) is 65.6 Å². The molecule has 5 aromatic rings. The molecule has 2 aromatic carbocycles. The van der Waals surface area contributed by atoms with Crippen molar-refractivity contribution in [3.8, 4) is 34.3 Å². The molecule has 44 heavy (non-hydrogen) atoms. The summed E-state index contributed by atoms with van der Waals surface area (Å²) in [6.07, 6.45) is 1.27. The monoisotopic (exact) mass is 601 g/mol. The molecule has 1 N–H and O–H groups in total. The van der Waals surface area contributed by atoms with E-state index in [1.54, 1.807) is 39.2 Å². The Morgan fingerprint density at radius 2 is 1.68 bits per heavy atom. The quantitative estimate of drug-likeness (QED) is 0.142. The van der Waals surface area contributed by atoms with Crippen LogP contribution in [0.5, 0.6) is 23.1 Å². The maximum atomic E-state index is 15.3. The summed E-state index contributed by atoms with van der Waals surface area (Å²) in [7, 11) is 3.03. The molecule has 226 valence electrons. The zero-order valence-corrected chi connectivity index (χ0v) is 24.5. The minimum absolute atomic E-state index is 0.0380. The summed E-state index contributed by atoms with van der Waals surface area (Å²) >= 11 is 0. The van der Waals surface area contributed by atoms with Crippen LogP contribution in [0.3, 0.4) is 0 Å². The first kappa shape index (κ1) is 30.3. The lowest BCUT2D eigenvalue weighted by molar-refractivity contribution is 0.0991. The molecule has 0 fully saturated rings. The van der Waals surface area contributed by atoms with Gasteiger partial charge in [0.2, 0.25) is 5.43 Å². The molecule has 11 heteroatoms. The van der Waals surface area contributed by atoms with Crippen LogP contribution in [0, 0.1) is 25.5 Å². The third kappa shape index (κ3) is 6.28. The number of fused-ring (bicyclic) bond motifs is 1. The highest BCUT2D eigenvalue weighted by molar-refractivity contribution is 5.99. The van der Waals surface area contributed by atoms with E-state index in [2.05, 4.69) is 15.0 Å². The van der Waals surface area contributed by atoms with Crippen molar-refractivity contribution in [3.05, 3.63) is 105 Å². The van der Waals surface area contributed by atoms with Crippen molar-refractivity contribution in [2.45, 2.75) is 20.3 Å². The molecule has 3 heterocycles. The van der Waals surface area contributed by atoms with Gasteiger partial charge in [0.25, 0.3) is 5.88 Å². The molecular formula is C33H29F2N3O6. The highest BCUT2D eigenvalue weighted by Gasteiger charge is 2.21. The van der Waals surface area contributed by atoms with Crippen LogP contribution >= 0.6 is 0 Å². The van der Waals surface area contributed by atoms with E-state index in [0.29, 0.717) is 45.9 Å². The first-order valence-electron chi connectivity index (χ1n) is 13.6. The van der Waals surface area contributed by atoms with Crippen molar-refractivity contribution in [1.29, 1.82) is 0 Å². The molecule has 0 aliphatic rings. The lowest BCUT2D eigenvalue weighted by Gasteiger charge is -2.14. The van der Waals surface area contributed by atoms with E-state index < -0.39 is 22.8 Å². The summed E-state index contributed by atoms with van der Waals surface area (Å²) in [5.41, 5.74) is 2.30. The second-order valence-electron chi connectivity index (χ2n) is 9.94. The van der Waals surface area contributed by atoms with Gasteiger partial charge in [0, 0.05) is 48.8 Å². The maximum Gasteiger partial charge on any atom is 0.257 e. The Balaban J connectivity index is 1.40. The van der Waals surface area contributed by atoms with Gasteiger partial charge in [-0.25, -0.2) is 13.8 Å². The molecule has 0 atom stereocenters. The molecule has 0 aliphatic heterocycles. The largest absolute Gasteiger partial charge is 0.491 e. The van der Waals surface area contributed by atoms with E-state index >= 15 is 4.39 Å². The Morgan fingerprint density at radius 1 is 0.909 bits per heavy atom. The lowest BCUT2D eigenvalue weighted by atomic mass is 9.95. The highest BCUT2D eigenvalue weighted by atomic mass is 19.1. The number of hydrogen-bond acceptors (Lipinski definition) is 8. The molecule has 5 rings (SSSR count). The standard InChI is InChI=1S/C33H29F2N3O6/c1-18-29(21-6-8-22(34)9-7-21)32(40)30(19(2)37-18)25(39)16-20-5-10-26(23(35)15-20)44-27-11-12-36-24-17-28(42-4)33(38-31(24)27)43-14-13-41-3/h5-12,15,17H,13-14,16H2,1-4H3,(H,37,40). The van der Waals surface area contributed by atoms with E-state index in [-0.39, 0.29) is 41.5 Å². The molecule has 0 saturated heterocycles. The van der Waals surface area contributed by atoms with Gasteiger partial charge in [-0.05, 0) is 49.2 Å². The number of ether oxygens (including phenoxy) is 4. The van der Waals surface area contributed by atoms with Crippen molar-refractivity contribution in [2.24, 2.45) is 0 Å². The summed E-state index contributed by atoms with van der Waals surface area (Å²) < 4.78 is 50.7. The molecule has 0 unspecified atom stereocenters. The highest BCUT2D eigenvalue weighted by Crippen LogP contribution is 2.35. The van der Waals surface area contributed by atoms with Gasteiger partial charge in [-0.2, -0.15) is 0 Å². The molecule has 3 aromatic heterocycles. The second kappa shape index (κ2) is 13.0. The van der Waals surface area contributed by atoms with E-state index in [1.165, 1.54) is 49.7 Å². The number of aryl methyl sites for hydroxylation is 2. The Morgan fingerprint density at radius 3 is 2.39 bits per heavy atom. The van der Waals surface area contributed by atoms with E-state index in [0.717, 1.165) is 0 Å². The number of nitrogens with one attached hydrogen (secondary N) is 1. The molecule has 0 saturated carbocycles. The summed E-state index contributed by atoms with van der Waals surface area (Å²) in [6.45, 7) is 3.91. The van der Waals surface area contributed by atoms with Crippen molar-refractivity contribution in [1.82, 2.24) is 15.0 Å². The van der Waals surface area contributed by atoms with Crippen LogP contribution in [0.25, 0.3) is 22.2 Å². The van der Waals surface area contributed by atoms with Gasteiger partial charge in [-0.3, -0.25) is 14.6 Å². The Hall–Kier alpha value is -5.16. The predicted octanol–water partition coefficient (Wildman–Crippen LogP) is 6.13. The summed E-state index contributed by atoms with van der Waals surface area (Å²) in [6, 6.07) is 12.8. The number of ketones is 1. The van der Waals surface area contributed by atoms with Crippen LogP contribution in [0.4, 0.5) is 8.78 Å². The topological polar surface area (TPSA) is 113 Å². The Labute approximate surface area is 251 Å². The second-order valence-corrected chi connectivity index (χ2v) is 9.94. The van der Waals surface area contributed by atoms with Crippen LogP contribution < -0.4 is 19.6 Å². The number of aromatic amines is 1. The van der Waals surface area contributed by atoms with Crippen molar-refractivity contribution >= 4 is 16.8 Å². The third-order valence-corrected chi connectivity index (χ3v) is 6.93. The number of H-pyrrole nitrogens is 1. The van der Waals surface area contributed by atoms with Gasteiger partial charge >= 0.3 is 0 Å². The predicted molar refractivity (Wildman–Crippen MR) is 160 cm³/mol. The lowest BCUT2D eigenvalue weighted by Crippen LogP contribution is -2.22. The number of rotatable bonds is 11. The van der Waals surface area contributed by atoms with Crippen LogP contribution in [0.2, 0.25) is 0 Å². The van der Waals surface area contributed by atoms with Gasteiger partial charge < -0.3 is 23.9 Å². The zero-order valence-electron chi connectivity index (χ0n) is 24.5. The normalized spacial score (nSPS) is 11.0. The fraction of sp³-hybridized carbons (Fsp3) is 0.212. The van der Waals surface area contributed by atoms with E-state index in [9.17, 15) is 14.0 Å². The summed E-state index contributed by atoms with van der Waals surface area (Å²) in [5, 5.41) is 0. The number of aromatic nitrogens is 3. The van der Waals surface area contributed by atoms with Gasteiger partial charge in [0.15, 0.2) is 28.8 Å². The maximum absolute atomic E-state index is 15.3. The Kier molecular flexibility index (Phi) is 8.96. The summed E-state index contributed by atoms with van der Waals surface area (Å²) in [4.78, 5) is 38.6.